The highest BCUT2D eigenvalue weighted by molar-refractivity contribution is 6.31. The number of nitrogens with one attached hydrogen (secondary N) is 2. The van der Waals surface area contributed by atoms with Crippen LogP contribution in [-0.2, 0) is 22.7 Å². The third kappa shape index (κ3) is 6.97. The fourth-order valence-electron chi connectivity index (χ4n) is 3.07. The maximum absolute atomic E-state index is 12.7. The fourth-order valence-corrected chi connectivity index (χ4v) is 3.26. The van der Waals surface area contributed by atoms with Gasteiger partial charge >= 0.3 is 0 Å². The number of amides is 2. The molecule has 172 valence electrons. The Balaban J connectivity index is 1.61. The number of rotatable bonds is 10. The molecule has 0 aromatic heterocycles. The summed E-state index contributed by atoms with van der Waals surface area (Å²) in [7, 11) is 2.97. The van der Waals surface area contributed by atoms with Gasteiger partial charge in [0.05, 0.1) is 7.11 Å². The summed E-state index contributed by atoms with van der Waals surface area (Å²) in [6.45, 7) is 0.541. The van der Waals surface area contributed by atoms with Crippen LogP contribution in [0.5, 0.6) is 11.5 Å². The van der Waals surface area contributed by atoms with Gasteiger partial charge in [0.1, 0.15) is 13.2 Å². The molecule has 0 unspecified atom stereocenters. The molecule has 0 radical (unpaired) electrons. The van der Waals surface area contributed by atoms with Crippen molar-refractivity contribution in [3.8, 4) is 11.5 Å². The van der Waals surface area contributed by atoms with Gasteiger partial charge in [-0.1, -0.05) is 41.9 Å². The summed E-state index contributed by atoms with van der Waals surface area (Å²) in [5.41, 5.74) is 2.75. The normalized spacial score (nSPS) is 10.4. The van der Waals surface area contributed by atoms with Gasteiger partial charge in [-0.3, -0.25) is 9.59 Å². The van der Waals surface area contributed by atoms with E-state index in [0.29, 0.717) is 34.3 Å². The van der Waals surface area contributed by atoms with Crippen LogP contribution in [0.15, 0.2) is 66.7 Å². The highest BCUT2D eigenvalue weighted by atomic mass is 35.5. The highest BCUT2D eigenvalue weighted by Gasteiger charge is 2.12. The van der Waals surface area contributed by atoms with E-state index in [-0.39, 0.29) is 25.0 Å². The molecule has 0 atom stereocenters. The zero-order valence-electron chi connectivity index (χ0n) is 18.4. The Morgan fingerprint density at radius 2 is 1.76 bits per heavy atom. The predicted molar refractivity (Wildman–Crippen MR) is 127 cm³/mol. The van der Waals surface area contributed by atoms with Crippen molar-refractivity contribution in [3.63, 3.8) is 0 Å². The van der Waals surface area contributed by atoms with Crippen LogP contribution in [0.1, 0.15) is 21.5 Å². The summed E-state index contributed by atoms with van der Waals surface area (Å²) >= 11 is 6.17. The van der Waals surface area contributed by atoms with Gasteiger partial charge in [-0.05, 0) is 42.0 Å². The van der Waals surface area contributed by atoms with Gasteiger partial charge in [0.25, 0.3) is 5.91 Å². The fraction of sp³-hybridized carbons (Fsp3) is 0.200. The van der Waals surface area contributed by atoms with Crippen LogP contribution in [0.4, 0.5) is 5.69 Å². The monoisotopic (exact) mass is 468 g/mol. The van der Waals surface area contributed by atoms with E-state index in [1.165, 1.54) is 14.2 Å². The molecule has 0 aliphatic rings. The average molecular weight is 469 g/mol. The molecule has 2 amide bonds. The zero-order chi connectivity index (χ0) is 23.6. The number of benzene rings is 3. The van der Waals surface area contributed by atoms with E-state index in [2.05, 4.69) is 10.6 Å². The van der Waals surface area contributed by atoms with Gasteiger partial charge in [0, 0.05) is 35.5 Å². The highest BCUT2D eigenvalue weighted by Crippen LogP contribution is 2.29. The molecule has 8 heteroatoms. The second kappa shape index (κ2) is 11.9. The molecule has 0 fully saturated rings. The lowest BCUT2D eigenvalue weighted by atomic mass is 10.1. The molecule has 0 saturated carbocycles. The minimum absolute atomic E-state index is 0.0269. The molecule has 3 rings (SSSR count). The second-order valence-electron chi connectivity index (χ2n) is 7.11. The van der Waals surface area contributed by atoms with Gasteiger partial charge in [-0.15, -0.1) is 0 Å². The largest absolute Gasteiger partial charge is 0.493 e. The van der Waals surface area contributed by atoms with Gasteiger partial charge in [-0.2, -0.15) is 0 Å². The first kappa shape index (κ1) is 24.1. The van der Waals surface area contributed by atoms with Crippen molar-refractivity contribution in [1.82, 2.24) is 5.32 Å². The molecule has 0 spiro atoms. The van der Waals surface area contributed by atoms with Crippen LogP contribution in [0.2, 0.25) is 5.02 Å². The number of ether oxygens (including phenoxy) is 3. The quantitative estimate of drug-likeness (QED) is 0.459. The third-order valence-corrected chi connectivity index (χ3v) is 5.07. The molecule has 0 aliphatic heterocycles. The summed E-state index contributed by atoms with van der Waals surface area (Å²) in [6.07, 6.45) is 0. The smallest absolute Gasteiger partial charge is 0.251 e. The van der Waals surface area contributed by atoms with Crippen LogP contribution in [-0.4, -0.2) is 32.6 Å². The molecular weight excluding hydrogens is 444 g/mol. The first-order valence-electron chi connectivity index (χ1n) is 10.2. The van der Waals surface area contributed by atoms with Crippen LogP contribution in [0.25, 0.3) is 0 Å². The Kier molecular flexibility index (Phi) is 8.69. The average Bonchev–Trinajstić information content (AvgIpc) is 2.82. The number of hydrogen-bond acceptors (Lipinski definition) is 5. The molecule has 33 heavy (non-hydrogen) atoms. The summed E-state index contributed by atoms with van der Waals surface area (Å²) < 4.78 is 16.0. The standard InChI is InChI=1S/C25H25ClN2O5/c1-31-16-24(29)28-20-8-5-6-17(12-20)14-27-25(30)18-10-11-22(23(13-18)32-2)33-15-19-7-3-4-9-21(19)26/h3-13H,14-16H2,1-2H3,(H,27,30)(H,28,29). The molecule has 0 saturated heterocycles. The van der Waals surface area contributed by atoms with Crippen LogP contribution in [0.3, 0.4) is 0 Å². The number of hydrogen-bond donors (Lipinski definition) is 2. The Hall–Kier alpha value is -3.55. The van der Waals surface area contributed by atoms with Crippen molar-refractivity contribution in [2.45, 2.75) is 13.2 Å². The minimum Gasteiger partial charge on any atom is -0.493 e. The minimum atomic E-state index is -0.264. The van der Waals surface area contributed by atoms with E-state index < -0.39 is 0 Å². The number of halogens is 1. The molecule has 3 aromatic rings. The Bertz CT molecular complexity index is 1120. The summed E-state index contributed by atoms with van der Waals surface area (Å²) in [5.74, 6) is 0.438. The summed E-state index contributed by atoms with van der Waals surface area (Å²) in [5, 5.41) is 6.22. The van der Waals surface area contributed by atoms with Crippen LogP contribution < -0.4 is 20.1 Å². The van der Waals surface area contributed by atoms with Crippen molar-refractivity contribution in [3.05, 3.63) is 88.4 Å². The van der Waals surface area contributed by atoms with Crippen molar-refractivity contribution in [2.24, 2.45) is 0 Å². The van der Waals surface area contributed by atoms with Gasteiger partial charge in [-0.25, -0.2) is 0 Å². The Morgan fingerprint density at radius 3 is 2.52 bits per heavy atom. The molecule has 3 aromatic carbocycles. The van der Waals surface area contributed by atoms with E-state index in [4.69, 9.17) is 25.8 Å². The van der Waals surface area contributed by atoms with E-state index in [0.717, 1.165) is 11.1 Å². The SMILES string of the molecule is COCC(=O)Nc1cccc(CNC(=O)c2ccc(OCc3ccccc3Cl)c(OC)c2)c1. The summed E-state index contributed by atoms with van der Waals surface area (Å²) in [4.78, 5) is 24.3. The van der Waals surface area contributed by atoms with Crippen molar-refractivity contribution < 1.29 is 23.8 Å². The number of anilines is 1. The van der Waals surface area contributed by atoms with E-state index in [1.54, 1.807) is 42.5 Å². The molecule has 2 N–H and O–H groups in total. The first-order chi connectivity index (χ1) is 16.0. The second-order valence-corrected chi connectivity index (χ2v) is 7.52. The van der Waals surface area contributed by atoms with Gasteiger partial charge < -0.3 is 24.8 Å². The van der Waals surface area contributed by atoms with Crippen molar-refractivity contribution in [1.29, 1.82) is 0 Å². The van der Waals surface area contributed by atoms with Gasteiger partial charge in [0.2, 0.25) is 5.91 Å². The van der Waals surface area contributed by atoms with Crippen LogP contribution >= 0.6 is 11.6 Å². The summed E-state index contributed by atoms with van der Waals surface area (Å²) in [6, 6.07) is 19.6. The molecule has 7 nitrogen and oxygen atoms in total. The van der Waals surface area contributed by atoms with Crippen molar-refractivity contribution >= 4 is 29.1 Å². The lowest BCUT2D eigenvalue weighted by molar-refractivity contribution is -0.119. The van der Waals surface area contributed by atoms with Gasteiger partial charge in [0.15, 0.2) is 11.5 Å². The van der Waals surface area contributed by atoms with Crippen molar-refractivity contribution in [2.75, 3.05) is 26.1 Å². The van der Waals surface area contributed by atoms with E-state index >= 15 is 0 Å². The van der Waals surface area contributed by atoms with Crippen LogP contribution in [0, 0.1) is 0 Å². The maximum Gasteiger partial charge on any atom is 0.251 e. The Morgan fingerprint density at radius 1 is 0.939 bits per heavy atom. The number of carbonyl (C=O) groups is 2. The molecular formula is C25H25ClN2O5. The zero-order valence-corrected chi connectivity index (χ0v) is 19.1. The molecule has 0 aliphatic carbocycles. The lowest BCUT2D eigenvalue weighted by Gasteiger charge is -2.13. The maximum atomic E-state index is 12.7. The molecule has 0 bridgehead atoms. The first-order valence-corrected chi connectivity index (χ1v) is 10.6. The topological polar surface area (TPSA) is 85.9 Å². The Labute approximate surface area is 197 Å². The van der Waals surface area contributed by atoms with E-state index in [9.17, 15) is 9.59 Å². The van der Waals surface area contributed by atoms with E-state index in [1.807, 2.05) is 24.3 Å². The lowest BCUT2D eigenvalue weighted by Crippen LogP contribution is -2.23. The number of methoxy groups -OCH3 is 2. The number of carbonyl (C=O) groups excluding carboxylic acids is 2. The third-order valence-electron chi connectivity index (χ3n) is 4.71. The predicted octanol–water partition coefficient (Wildman–Crippen LogP) is 4.44. The molecule has 0 heterocycles.